The van der Waals surface area contributed by atoms with Crippen LogP contribution in [0.4, 0.5) is 0 Å². The summed E-state index contributed by atoms with van der Waals surface area (Å²) in [6.07, 6.45) is 1.49. The summed E-state index contributed by atoms with van der Waals surface area (Å²) >= 11 is 0. The maximum absolute atomic E-state index is 11.2. The Hall–Kier alpha value is -1.71. The molecule has 0 radical (unpaired) electrons. The number of aryl methyl sites for hydroxylation is 1. The third-order valence-corrected chi connectivity index (χ3v) is 3.11. The zero-order valence-electron chi connectivity index (χ0n) is 9.06. The fourth-order valence-electron chi connectivity index (χ4n) is 2.01. The van der Waals surface area contributed by atoms with Crippen LogP contribution in [0.5, 0.6) is 11.5 Å². The van der Waals surface area contributed by atoms with Crippen LogP contribution in [0.15, 0.2) is 18.2 Å². The van der Waals surface area contributed by atoms with Gasteiger partial charge in [-0.15, -0.1) is 0 Å². The Kier molecular flexibility index (Phi) is 2.50. The van der Waals surface area contributed by atoms with E-state index in [-0.39, 0.29) is 5.75 Å². The van der Waals surface area contributed by atoms with Gasteiger partial charge < -0.3 is 14.9 Å². The molecule has 0 bridgehead atoms. The highest BCUT2D eigenvalue weighted by Crippen LogP contribution is 2.36. The molecule has 1 aromatic carbocycles. The fraction of sp³-hybridized carbons (Fsp3) is 0.417. The predicted molar refractivity (Wildman–Crippen MR) is 57.7 cm³/mol. The molecule has 0 saturated carbocycles. The molecule has 4 nitrogen and oxygen atoms in total. The van der Waals surface area contributed by atoms with Gasteiger partial charge in [0.15, 0.2) is 0 Å². The minimum absolute atomic E-state index is 0.182. The molecule has 1 atom stereocenters. The minimum Gasteiger partial charge on any atom is -0.508 e. The lowest BCUT2D eigenvalue weighted by atomic mass is 9.89. The van der Waals surface area contributed by atoms with Crippen LogP contribution in [0.25, 0.3) is 0 Å². The highest BCUT2D eigenvalue weighted by molar-refractivity contribution is 5.78. The summed E-state index contributed by atoms with van der Waals surface area (Å²) in [5.41, 5.74) is -0.241. The molecule has 86 valence electrons. The summed E-state index contributed by atoms with van der Waals surface area (Å²) < 4.78 is 5.57. The van der Waals surface area contributed by atoms with Crippen LogP contribution in [-0.4, -0.2) is 21.8 Å². The molecule has 0 saturated heterocycles. The molecule has 0 fully saturated rings. The van der Waals surface area contributed by atoms with Crippen LogP contribution in [0.1, 0.15) is 25.3 Å². The maximum atomic E-state index is 11.2. The van der Waals surface area contributed by atoms with E-state index >= 15 is 0 Å². The van der Waals surface area contributed by atoms with Crippen molar-refractivity contribution in [2.45, 2.75) is 31.8 Å². The van der Waals surface area contributed by atoms with Gasteiger partial charge in [0, 0.05) is 6.42 Å². The molecule has 1 aliphatic rings. The first kappa shape index (κ1) is 10.8. The number of ether oxygens (including phenoxy) is 1. The van der Waals surface area contributed by atoms with Crippen LogP contribution >= 0.6 is 0 Å². The van der Waals surface area contributed by atoms with Crippen LogP contribution in [0, 0.1) is 0 Å². The van der Waals surface area contributed by atoms with Gasteiger partial charge >= 0.3 is 5.97 Å². The van der Waals surface area contributed by atoms with Gasteiger partial charge in [0.05, 0.1) is 0 Å². The molecule has 4 heteroatoms. The van der Waals surface area contributed by atoms with E-state index < -0.39 is 11.6 Å². The van der Waals surface area contributed by atoms with E-state index in [2.05, 4.69) is 0 Å². The molecule has 16 heavy (non-hydrogen) atoms. The predicted octanol–water partition coefficient (Wildman–Crippen LogP) is 1.95. The second-order valence-electron chi connectivity index (χ2n) is 4.05. The second-order valence-corrected chi connectivity index (χ2v) is 4.05. The molecule has 2 N–H and O–H groups in total. The summed E-state index contributed by atoms with van der Waals surface area (Å²) in [5, 5.41) is 18.5. The van der Waals surface area contributed by atoms with Gasteiger partial charge in [0.2, 0.25) is 5.60 Å². The smallest absolute Gasteiger partial charge is 0.348 e. The van der Waals surface area contributed by atoms with Crippen LogP contribution < -0.4 is 4.74 Å². The van der Waals surface area contributed by atoms with Crippen molar-refractivity contribution in [2.24, 2.45) is 0 Å². The molecule has 0 amide bonds. The van der Waals surface area contributed by atoms with Crippen LogP contribution in [0.2, 0.25) is 0 Å². The van der Waals surface area contributed by atoms with E-state index in [1.54, 1.807) is 19.1 Å². The summed E-state index contributed by atoms with van der Waals surface area (Å²) in [5.74, 6) is -0.177. The van der Waals surface area contributed by atoms with E-state index in [1.165, 1.54) is 6.07 Å². The van der Waals surface area contributed by atoms with Gasteiger partial charge in [-0.05, 0) is 36.6 Å². The molecule has 1 aromatic rings. The molecule has 1 aliphatic heterocycles. The lowest BCUT2D eigenvalue weighted by Crippen LogP contribution is -2.46. The van der Waals surface area contributed by atoms with Crippen molar-refractivity contribution in [3.05, 3.63) is 23.8 Å². The van der Waals surface area contributed by atoms with Crippen molar-refractivity contribution in [2.75, 3.05) is 0 Å². The third-order valence-electron chi connectivity index (χ3n) is 3.11. The van der Waals surface area contributed by atoms with Crippen LogP contribution in [-0.2, 0) is 11.2 Å². The zero-order valence-corrected chi connectivity index (χ0v) is 9.06. The van der Waals surface area contributed by atoms with E-state index in [0.29, 0.717) is 25.0 Å². The molecule has 0 aliphatic carbocycles. The Balaban J connectivity index is 2.36. The maximum Gasteiger partial charge on any atom is 0.348 e. The van der Waals surface area contributed by atoms with Crippen molar-refractivity contribution in [3.8, 4) is 11.5 Å². The average molecular weight is 222 g/mol. The number of hydrogen-bond acceptors (Lipinski definition) is 3. The molecule has 1 heterocycles. The Morgan fingerprint density at radius 2 is 2.31 bits per heavy atom. The molecule has 1 unspecified atom stereocenters. The Morgan fingerprint density at radius 3 is 2.94 bits per heavy atom. The third kappa shape index (κ3) is 1.60. The Labute approximate surface area is 93.5 Å². The molecule has 2 rings (SSSR count). The summed E-state index contributed by atoms with van der Waals surface area (Å²) in [6, 6.07) is 4.75. The van der Waals surface area contributed by atoms with E-state index in [0.717, 1.165) is 5.56 Å². The first-order chi connectivity index (χ1) is 7.57. The van der Waals surface area contributed by atoms with Gasteiger partial charge in [0.25, 0.3) is 0 Å². The van der Waals surface area contributed by atoms with E-state index in [9.17, 15) is 15.0 Å². The lowest BCUT2D eigenvalue weighted by molar-refractivity contribution is -0.157. The average Bonchev–Trinajstić information content (AvgIpc) is 2.28. The standard InChI is InChI=1S/C12H14O4/c1-2-12(11(14)15)6-5-8-7-9(13)3-4-10(8)16-12/h3-4,7,13H,2,5-6H2,1H3,(H,14,15). The van der Waals surface area contributed by atoms with Crippen molar-refractivity contribution in [1.82, 2.24) is 0 Å². The fourth-order valence-corrected chi connectivity index (χ4v) is 2.01. The molecular weight excluding hydrogens is 208 g/mol. The van der Waals surface area contributed by atoms with Gasteiger partial charge in [-0.1, -0.05) is 6.92 Å². The number of aromatic hydroxyl groups is 1. The number of phenolic OH excluding ortho intramolecular Hbond substituents is 1. The summed E-state index contributed by atoms with van der Waals surface area (Å²) in [4.78, 5) is 11.2. The van der Waals surface area contributed by atoms with E-state index in [4.69, 9.17) is 4.74 Å². The second kappa shape index (κ2) is 3.70. The van der Waals surface area contributed by atoms with Crippen molar-refractivity contribution in [3.63, 3.8) is 0 Å². The number of rotatable bonds is 2. The van der Waals surface area contributed by atoms with Gasteiger partial charge in [-0.3, -0.25) is 0 Å². The minimum atomic E-state index is -1.11. The number of carboxylic acids is 1. The van der Waals surface area contributed by atoms with Gasteiger partial charge in [-0.25, -0.2) is 4.79 Å². The zero-order chi connectivity index (χ0) is 11.8. The quantitative estimate of drug-likeness (QED) is 0.802. The SMILES string of the molecule is CCC1(C(=O)O)CCc2cc(O)ccc2O1. The number of carbonyl (C=O) groups is 1. The first-order valence-electron chi connectivity index (χ1n) is 5.32. The summed E-state index contributed by atoms with van der Waals surface area (Å²) in [7, 11) is 0. The molecular formula is C12H14O4. The monoisotopic (exact) mass is 222 g/mol. The number of aliphatic carboxylic acids is 1. The highest BCUT2D eigenvalue weighted by Gasteiger charge is 2.42. The normalized spacial score (nSPS) is 23.3. The number of benzene rings is 1. The summed E-state index contributed by atoms with van der Waals surface area (Å²) in [6.45, 7) is 1.81. The number of fused-ring (bicyclic) bond motifs is 1. The van der Waals surface area contributed by atoms with E-state index in [1.807, 2.05) is 0 Å². The van der Waals surface area contributed by atoms with Crippen LogP contribution in [0.3, 0.4) is 0 Å². The molecule has 0 aromatic heterocycles. The number of carboxylic acid groups (broad SMARTS) is 1. The number of hydrogen-bond donors (Lipinski definition) is 2. The van der Waals surface area contributed by atoms with Gasteiger partial charge in [0.1, 0.15) is 11.5 Å². The Morgan fingerprint density at radius 1 is 1.56 bits per heavy atom. The lowest BCUT2D eigenvalue weighted by Gasteiger charge is -2.34. The molecule has 0 spiro atoms. The van der Waals surface area contributed by atoms with Crippen molar-refractivity contribution >= 4 is 5.97 Å². The van der Waals surface area contributed by atoms with Crippen molar-refractivity contribution in [1.29, 1.82) is 0 Å². The Bertz CT molecular complexity index is 427. The van der Waals surface area contributed by atoms with Crippen molar-refractivity contribution < 1.29 is 19.7 Å². The largest absolute Gasteiger partial charge is 0.508 e. The number of phenols is 1. The van der Waals surface area contributed by atoms with Gasteiger partial charge in [-0.2, -0.15) is 0 Å². The first-order valence-corrected chi connectivity index (χ1v) is 5.32. The highest BCUT2D eigenvalue weighted by atomic mass is 16.5. The topological polar surface area (TPSA) is 66.8 Å².